The van der Waals surface area contributed by atoms with Crippen molar-refractivity contribution in [2.24, 2.45) is 0 Å². The highest BCUT2D eigenvalue weighted by atomic mass is 15.2. The highest BCUT2D eigenvalue weighted by Crippen LogP contribution is 2.51. The van der Waals surface area contributed by atoms with Crippen molar-refractivity contribution in [2.45, 2.75) is 0 Å². The molecule has 7 heteroatoms. The SMILES string of the molecule is N#Cc1ccccc1-c1cc(-c2ccccc2C#N)c(N(c2ccccc2)c2ccccc2)cc1N(c1ccccc1)c1ccccc1.N#Cc1ccccc1-c1ccc(N(c2ccccc2)c2ccccc2)cc1N(c1ccccc1)c1ccccc1. The predicted octanol–water partition coefficient (Wildman–Crippen LogP) is 21.9. The Morgan fingerprint density at radius 3 is 0.670 bits per heavy atom. The Balaban J connectivity index is 0.000000174. The molecule has 0 aromatic heterocycles. The maximum atomic E-state index is 10.3. The standard InChI is InChI=1S/C44H30N4.C37H27N3/c45-31-33-17-13-15-27-39(33)41-29-42(40-28-16-14-18-34(40)32-46)44(48(37-23-9-3-10-24-37)38-25-11-4-12-26-38)30-43(41)47(35-19-5-1-6-20-35)36-21-7-2-8-22-36;38-28-29-15-13-14-24-35(29)36-26-25-34(39(30-16-5-1-6-17-30)31-18-7-2-8-19-31)27-37(36)40(32-20-9-3-10-21-32)33-22-11-4-12-23-33/h1-30H;1-27H. The van der Waals surface area contributed by atoms with E-state index in [9.17, 15) is 15.8 Å². The van der Waals surface area contributed by atoms with Crippen LogP contribution in [-0.4, -0.2) is 0 Å². The second-order valence-corrected chi connectivity index (χ2v) is 20.6. The van der Waals surface area contributed by atoms with Gasteiger partial charge in [-0.15, -0.1) is 0 Å². The van der Waals surface area contributed by atoms with Crippen molar-refractivity contribution >= 4 is 68.2 Å². The molecule has 0 aliphatic carbocycles. The molecule has 0 atom stereocenters. The second-order valence-electron chi connectivity index (χ2n) is 20.6. The molecule has 13 aromatic rings. The van der Waals surface area contributed by atoms with E-state index in [-0.39, 0.29) is 0 Å². The molecule has 13 aromatic carbocycles. The van der Waals surface area contributed by atoms with E-state index in [1.165, 1.54) is 0 Å². The predicted molar refractivity (Wildman–Crippen MR) is 362 cm³/mol. The first-order valence-electron chi connectivity index (χ1n) is 29.0. The molecule has 0 saturated heterocycles. The molecule has 0 fully saturated rings. The van der Waals surface area contributed by atoms with E-state index >= 15 is 0 Å². The first-order valence-corrected chi connectivity index (χ1v) is 29.0. The van der Waals surface area contributed by atoms with Gasteiger partial charge in [0.2, 0.25) is 0 Å². The van der Waals surface area contributed by atoms with Gasteiger partial charge in [0.05, 0.1) is 52.0 Å². The van der Waals surface area contributed by atoms with Crippen molar-refractivity contribution < 1.29 is 0 Å². The average molecular weight is 1130 g/mol. The number of benzene rings is 13. The number of nitriles is 3. The van der Waals surface area contributed by atoms with Crippen LogP contribution in [0.1, 0.15) is 16.7 Å². The van der Waals surface area contributed by atoms with E-state index in [0.29, 0.717) is 16.7 Å². The van der Waals surface area contributed by atoms with Gasteiger partial charge in [-0.1, -0.05) is 206 Å². The Morgan fingerprint density at radius 1 is 0.170 bits per heavy atom. The minimum Gasteiger partial charge on any atom is -0.310 e. The van der Waals surface area contributed by atoms with Gasteiger partial charge in [0, 0.05) is 84.6 Å². The van der Waals surface area contributed by atoms with Crippen molar-refractivity contribution in [1.82, 2.24) is 0 Å². The quantitative estimate of drug-likeness (QED) is 0.101. The van der Waals surface area contributed by atoms with Crippen LogP contribution in [0.5, 0.6) is 0 Å². The monoisotopic (exact) mass is 1130 g/mol. The van der Waals surface area contributed by atoms with Crippen molar-refractivity contribution in [3.8, 4) is 51.6 Å². The number of rotatable bonds is 15. The topological polar surface area (TPSA) is 84.3 Å². The summed E-state index contributed by atoms with van der Waals surface area (Å²) >= 11 is 0. The molecule has 0 saturated carbocycles. The fraction of sp³-hybridized carbons (Fsp3) is 0. The zero-order valence-electron chi connectivity index (χ0n) is 48.0. The fourth-order valence-corrected chi connectivity index (χ4v) is 11.2. The van der Waals surface area contributed by atoms with Crippen LogP contribution < -0.4 is 19.6 Å². The first-order chi connectivity index (χ1) is 43.6. The third kappa shape index (κ3) is 12.0. The molecular formula is C81H57N7. The van der Waals surface area contributed by atoms with Gasteiger partial charge in [0.25, 0.3) is 0 Å². The van der Waals surface area contributed by atoms with Crippen molar-refractivity contribution in [3.63, 3.8) is 0 Å². The normalized spacial score (nSPS) is 10.5. The van der Waals surface area contributed by atoms with Gasteiger partial charge in [-0.25, -0.2) is 0 Å². The van der Waals surface area contributed by atoms with Gasteiger partial charge in [-0.3, -0.25) is 0 Å². The lowest BCUT2D eigenvalue weighted by molar-refractivity contribution is 1.25. The average Bonchev–Trinajstić information content (AvgIpc) is 1.57. The molecule has 0 bridgehead atoms. The summed E-state index contributed by atoms with van der Waals surface area (Å²) in [5.41, 5.74) is 18.9. The van der Waals surface area contributed by atoms with E-state index in [1.54, 1.807) is 0 Å². The van der Waals surface area contributed by atoms with Gasteiger partial charge >= 0.3 is 0 Å². The van der Waals surface area contributed by atoms with E-state index in [2.05, 4.69) is 214 Å². The number of anilines is 12. The van der Waals surface area contributed by atoms with E-state index in [4.69, 9.17) is 0 Å². The molecule has 0 heterocycles. The highest BCUT2D eigenvalue weighted by molar-refractivity contribution is 6.00. The largest absolute Gasteiger partial charge is 0.310 e. The van der Waals surface area contributed by atoms with Crippen LogP contribution in [0.15, 0.2) is 346 Å². The third-order valence-corrected chi connectivity index (χ3v) is 15.2. The van der Waals surface area contributed by atoms with Crippen LogP contribution in [-0.2, 0) is 0 Å². The fourth-order valence-electron chi connectivity index (χ4n) is 11.2. The number of hydrogen-bond acceptors (Lipinski definition) is 7. The Kier molecular flexibility index (Phi) is 17.1. The number of para-hydroxylation sites is 8. The zero-order chi connectivity index (χ0) is 59.9. The van der Waals surface area contributed by atoms with Crippen LogP contribution in [0.2, 0.25) is 0 Å². The molecule has 13 rings (SSSR count). The summed E-state index contributed by atoms with van der Waals surface area (Å²) in [7, 11) is 0. The van der Waals surface area contributed by atoms with Crippen LogP contribution in [0, 0.1) is 34.0 Å². The lowest BCUT2D eigenvalue weighted by Crippen LogP contribution is -2.15. The van der Waals surface area contributed by atoms with Crippen LogP contribution >= 0.6 is 0 Å². The molecule has 0 N–H and O–H groups in total. The summed E-state index contributed by atoms with van der Waals surface area (Å²) in [6.07, 6.45) is 0. The van der Waals surface area contributed by atoms with E-state index in [1.807, 2.05) is 170 Å². The summed E-state index contributed by atoms with van der Waals surface area (Å²) in [5.74, 6) is 0. The van der Waals surface area contributed by atoms with Crippen LogP contribution in [0.3, 0.4) is 0 Å². The van der Waals surface area contributed by atoms with Crippen molar-refractivity contribution in [3.05, 3.63) is 362 Å². The first kappa shape index (κ1) is 56.0. The summed E-state index contributed by atoms with van der Waals surface area (Å²) in [4.78, 5) is 9.00. The lowest BCUT2D eigenvalue weighted by atomic mass is 9.90. The summed E-state index contributed by atoms with van der Waals surface area (Å²) in [5, 5.41) is 30.7. The van der Waals surface area contributed by atoms with Crippen molar-refractivity contribution in [1.29, 1.82) is 15.8 Å². The number of nitrogens with zero attached hydrogens (tertiary/aromatic N) is 7. The van der Waals surface area contributed by atoms with Gasteiger partial charge in [-0.2, -0.15) is 15.8 Å². The highest BCUT2D eigenvalue weighted by Gasteiger charge is 2.27. The van der Waals surface area contributed by atoms with Gasteiger partial charge < -0.3 is 19.6 Å². The molecule has 0 radical (unpaired) electrons. The van der Waals surface area contributed by atoms with E-state index in [0.717, 1.165) is 102 Å². The second kappa shape index (κ2) is 26.8. The third-order valence-electron chi connectivity index (χ3n) is 15.2. The lowest BCUT2D eigenvalue weighted by Gasteiger charge is -2.33. The summed E-state index contributed by atoms with van der Waals surface area (Å²) in [6.45, 7) is 0. The smallest absolute Gasteiger partial charge is 0.0998 e. The van der Waals surface area contributed by atoms with Crippen molar-refractivity contribution in [2.75, 3.05) is 19.6 Å². The Labute approximate surface area is 514 Å². The van der Waals surface area contributed by atoms with Crippen LogP contribution in [0.4, 0.5) is 68.2 Å². The maximum absolute atomic E-state index is 10.3. The molecule has 0 amide bonds. The molecular weight excluding hydrogens is 1070 g/mol. The van der Waals surface area contributed by atoms with Gasteiger partial charge in [0.1, 0.15) is 0 Å². The van der Waals surface area contributed by atoms with Gasteiger partial charge in [-0.05, 0) is 140 Å². The summed E-state index contributed by atoms with van der Waals surface area (Å²) < 4.78 is 0. The molecule has 0 aliphatic heterocycles. The Bertz CT molecular complexity index is 4270. The molecule has 7 nitrogen and oxygen atoms in total. The zero-order valence-corrected chi connectivity index (χ0v) is 48.0. The molecule has 0 spiro atoms. The minimum absolute atomic E-state index is 0.565. The van der Waals surface area contributed by atoms with Gasteiger partial charge in [0.15, 0.2) is 0 Å². The van der Waals surface area contributed by atoms with Crippen LogP contribution in [0.25, 0.3) is 33.4 Å². The molecule has 416 valence electrons. The Morgan fingerprint density at radius 2 is 0.398 bits per heavy atom. The minimum atomic E-state index is 0.565. The Hall–Kier alpha value is -12.5. The maximum Gasteiger partial charge on any atom is 0.0998 e. The molecule has 0 unspecified atom stereocenters. The summed E-state index contributed by atoms with van der Waals surface area (Å²) in [6, 6.07) is 124. The number of hydrogen-bond donors (Lipinski definition) is 0. The molecule has 0 aliphatic rings. The van der Waals surface area contributed by atoms with E-state index < -0.39 is 0 Å². The molecule has 88 heavy (non-hydrogen) atoms.